The summed E-state index contributed by atoms with van der Waals surface area (Å²) in [5, 5.41) is 24.9. The number of hydrogen-bond donors (Lipinski definition) is 2. The van der Waals surface area contributed by atoms with Gasteiger partial charge in [-0.05, 0) is 31.9 Å². The summed E-state index contributed by atoms with van der Waals surface area (Å²) in [6.07, 6.45) is 1.10. The molecular formula is C19H21N3O6. The fourth-order valence-electron chi connectivity index (χ4n) is 2.45. The van der Waals surface area contributed by atoms with Crippen molar-refractivity contribution in [3.05, 3.63) is 57.1 Å². The summed E-state index contributed by atoms with van der Waals surface area (Å²) in [5.74, 6) is -0.242. The number of benzene rings is 2. The lowest BCUT2D eigenvalue weighted by atomic mass is 10.1. The second-order valence-electron chi connectivity index (χ2n) is 5.87. The van der Waals surface area contributed by atoms with E-state index in [-0.39, 0.29) is 36.0 Å². The molecule has 148 valence electrons. The molecule has 2 N–H and O–H groups in total. The van der Waals surface area contributed by atoms with Crippen molar-refractivity contribution >= 4 is 17.8 Å². The van der Waals surface area contributed by atoms with Crippen LogP contribution in [0.15, 0.2) is 35.4 Å². The Kier molecular flexibility index (Phi) is 6.91. The maximum atomic E-state index is 11.9. The molecule has 28 heavy (non-hydrogen) atoms. The van der Waals surface area contributed by atoms with Crippen LogP contribution in [0.3, 0.4) is 0 Å². The van der Waals surface area contributed by atoms with E-state index in [4.69, 9.17) is 9.47 Å². The van der Waals surface area contributed by atoms with Gasteiger partial charge in [0.05, 0.1) is 23.8 Å². The van der Waals surface area contributed by atoms with Crippen LogP contribution < -0.4 is 14.9 Å². The molecule has 0 aromatic heterocycles. The number of aryl methyl sites for hydroxylation is 2. The van der Waals surface area contributed by atoms with Crippen LogP contribution in [0, 0.1) is 24.0 Å². The first-order valence-corrected chi connectivity index (χ1v) is 8.48. The molecule has 0 aliphatic heterocycles. The molecular weight excluding hydrogens is 366 g/mol. The number of hydrazone groups is 1. The Labute approximate surface area is 161 Å². The average molecular weight is 387 g/mol. The first-order valence-electron chi connectivity index (χ1n) is 8.48. The molecule has 0 saturated carbocycles. The fourth-order valence-corrected chi connectivity index (χ4v) is 2.45. The van der Waals surface area contributed by atoms with E-state index >= 15 is 0 Å². The van der Waals surface area contributed by atoms with Crippen molar-refractivity contribution in [2.24, 2.45) is 5.10 Å². The largest absolute Gasteiger partial charge is 0.504 e. The number of amides is 1. The Morgan fingerprint density at radius 1 is 1.29 bits per heavy atom. The number of non-ortho nitro benzene ring substituents is 1. The highest BCUT2D eigenvalue weighted by atomic mass is 16.6. The number of ether oxygens (including phenoxy) is 2. The molecule has 0 fully saturated rings. The highest BCUT2D eigenvalue weighted by molar-refractivity contribution is 5.87. The van der Waals surface area contributed by atoms with Crippen LogP contribution in [-0.4, -0.2) is 35.4 Å². The fraction of sp³-hybridized carbons (Fsp3) is 0.263. The van der Waals surface area contributed by atoms with Crippen LogP contribution in [0.5, 0.6) is 17.2 Å². The summed E-state index contributed by atoms with van der Waals surface area (Å²) in [6, 6.07) is 7.89. The molecule has 0 radical (unpaired) electrons. The highest BCUT2D eigenvalue weighted by Gasteiger charge is 2.16. The monoisotopic (exact) mass is 387 g/mol. The number of rotatable bonds is 8. The molecule has 0 aliphatic rings. The quantitative estimate of drug-likeness (QED) is 0.408. The number of para-hydroxylation sites is 1. The topological polar surface area (TPSA) is 123 Å². The standard InChI is InChI=1S/C19H21N3O6/c1-4-27-16-9-15(22(25)26)8-14(18(16)24)10-20-21-17(23)11-28-19-12(2)6-5-7-13(19)3/h5-10,24H,4,11H2,1-3H3,(H,21,23). The third-order valence-corrected chi connectivity index (χ3v) is 3.75. The number of carbonyl (C=O) groups is 1. The van der Waals surface area contributed by atoms with Gasteiger partial charge < -0.3 is 14.6 Å². The SMILES string of the molecule is CCOc1cc([N+](=O)[O-])cc(C=NNC(=O)COc2c(C)cccc2C)c1O. The van der Waals surface area contributed by atoms with Crippen LogP contribution in [0.2, 0.25) is 0 Å². The van der Waals surface area contributed by atoms with Crippen molar-refractivity contribution in [2.75, 3.05) is 13.2 Å². The van der Waals surface area contributed by atoms with Crippen LogP contribution in [0.1, 0.15) is 23.6 Å². The third-order valence-electron chi connectivity index (χ3n) is 3.75. The number of nitrogens with one attached hydrogen (secondary N) is 1. The molecule has 0 aliphatic carbocycles. The number of phenols is 1. The Morgan fingerprint density at radius 3 is 2.57 bits per heavy atom. The molecule has 0 unspecified atom stereocenters. The highest BCUT2D eigenvalue weighted by Crippen LogP contribution is 2.33. The molecule has 9 heteroatoms. The normalized spacial score (nSPS) is 10.7. The van der Waals surface area contributed by atoms with Crippen molar-refractivity contribution in [3.63, 3.8) is 0 Å². The molecule has 0 heterocycles. The van der Waals surface area contributed by atoms with Gasteiger partial charge in [-0.1, -0.05) is 18.2 Å². The maximum absolute atomic E-state index is 11.9. The van der Waals surface area contributed by atoms with Crippen LogP contribution in [0.25, 0.3) is 0 Å². The number of hydrogen-bond acceptors (Lipinski definition) is 7. The number of nitro groups is 1. The lowest BCUT2D eigenvalue weighted by molar-refractivity contribution is -0.385. The Balaban J connectivity index is 2.05. The lowest BCUT2D eigenvalue weighted by Gasteiger charge is -2.10. The zero-order valence-electron chi connectivity index (χ0n) is 15.8. The molecule has 2 rings (SSSR count). The van der Waals surface area contributed by atoms with Crippen LogP contribution in [-0.2, 0) is 4.79 Å². The summed E-state index contributed by atoms with van der Waals surface area (Å²) in [7, 11) is 0. The molecule has 9 nitrogen and oxygen atoms in total. The van der Waals surface area contributed by atoms with Gasteiger partial charge in [0, 0.05) is 11.6 Å². The van der Waals surface area contributed by atoms with Crippen molar-refractivity contribution < 1.29 is 24.3 Å². The summed E-state index contributed by atoms with van der Waals surface area (Å²) in [5.41, 5.74) is 3.82. The minimum absolute atomic E-state index is 0.0358. The summed E-state index contributed by atoms with van der Waals surface area (Å²) >= 11 is 0. The Morgan fingerprint density at radius 2 is 1.96 bits per heavy atom. The van der Waals surface area contributed by atoms with Gasteiger partial charge in [0.1, 0.15) is 5.75 Å². The number of nitro benzene ring substituents is 1. The second-order valence-corrected chi connectivity index (χ2v) is 5.87. The van der Waals surface area contributed by atoms with E-state index in [9.17, 15) is 20.0 Å². The van der Waals surface area contributed by atoms with E-state index < -0.39 is 10.8 Å². The van der Waals surface area contributed by atoms with Crippen LogP contribution >= 0.6 is 0 Å². The van der Waals surface area contributed by atoms with Gasteiger partial charge in [-0.3, -0.25) is 14.9 Å². The number of carbonyl (C=O) groups excluding carboxylic acids is 1. The Bertz CT molecular complexity index is 891. The predicted octanol–water partition coefficient (Wildman–Crippen LogP) is 2.85. The number of aromatic hydroxyl groups is 1. The number of nitrogens with zero attached hydrogens (tertiary/aromatic N) is 2. The molecule has 1 amide bonds. The van der Waals surface area contributed by atoms with Gasteiger partial charge in [0.15, 0.2) is 18.1 Å². The molecule has 0 atom stereocenters. The van der Waals surface area contributed by atoms with E-state index in [0.29, 0.717) is 5.75 Å². The van der Waals surface area contributed by atoms with Crippen molar-refractivity contribution in [1.82, 2.24) is 5.43 Å². The van der Waals surface area contributed by atoms with E-state index in [1.807, 2.05) is 32.0 Å². The predicted molar refractivity (Wildman–Crippen MR) is 103 cm³/mol. The average Bonchev–Trinajstić information content (AvgIpc) is 2.64. The second kappa shape index (κ2) is 9.36. The van der Waals surface area contributed by atoms with Gasteiger partial charge in [-0.2, -0.15) is 5.10 Å². The zero-order chi connectivity index (χ0) is 20.7. The smallest absolute Gasteiger partial charge is 0.277 e. The number of phenolic OH excluding ortho intramolecular Hbond substituents is 1. The van der Waals surface area contributed by atoms with Gasteiger partial charge in [-0.25, -0.2) is 5.43 Å². The minimum atomic E-state index is -0.615. The van der Waals surface area contributed by atoms with E-state index in [0.717, 1.165) is 29.5 Å². The summed E-state index contributed by atoms with van der Waals surface area (Å²) in [6.45, 7) is 5.40. The van der Waals surface area contributed by atoms with Gasteiger partial charge in [0.25, 0.3) is 11.6 Å². The zero-order valence-corrected chi connectivity index (χ0v) is 15.8. The van der Waals surface area contributed by atoms with E-state index in [2.05, 4.69) is 10.5 Å². The summed E-state index contributed by atoms with van der Waals surface area (Å²) in [4.78, 5) is 22.3. The first-order chi connectivity index (χ1) is 13.3. The third kappa shape index (κ3) is 5.19. The van der Waals surface area contributed by atoms with Crippen molar-refractivity contribution in [2.45, 2.75) is 20.8 Å². The van der Waals surface area contributed by atoms with Crippen molar-refractivity contribution in [1.29, 1.82) is 0 Å². The van der Waals surface area contributed by atoms with Gasteiger partial charge >= 0.3 is 0 Å². The molecule has 0 spiro atoms. The molecule has 0 bridgehead atoms. The molecule has 2 aromatic rings. The van der Waals surface area contributed by atoms with E-state index in [1.165, 1.54) is 0 Å². The molecule has 2 aromatic carbocycles. The first kappa shape index (κ1) is 20.7. The van der Waals surface area contributed by atoms with E-state index in [1.54, 1.807) is 6.92 Å². The van der Waals surface area contributed by atoms with Crippen molar-refractivity contribution in [3.8, 4) is 17.2 Å². The van der Waals surface area contributed by atoms with Gasteiger partial charge in [-0.15, -0.1) is 0 Å². The van der Waals surface area contributed by atoms with Crippen LogP contribution in [0.4, 0.5) is 5.69 Å². The Hall–Kier alpha value is -3.62. The lowest BCUT2D eigenvalue weighted by Crippen LogP contribution is -2.25. The summed E-state index contributed by atoms with van der Waals surface area (Å²) < 4.78 is 10.7. The van der Waals surface area contributed by atoms with Gasteiger partial charge in [0.2, 0.25) is 0 Å². The maximum Gasteiger partial charge on any atom is 0.277 e. The minimum Gasteiger partial charge on any atom is -0.504 e. The molecule has 0 saturated heterocycles.